The Kier molecular flexibility index (Phi) is 4.32. The Labute approximate surface area is 134 Å². The lowest BCUT2D eigenvalue weighted by Gasteiger charge is -2.41. The molecule has 2 heterocycles. The Morgan fingerprint density at radius 2 is 2.00 bits per heavy atom. The van der Waals surface area contributed by atoms with Crippen molar-refractivity contribution in [3.63, 3.8) is 0 Å². The number of fused-ring (bicyclic) bond motifs is 1. The second-order valence-electron chi connectivity index (χ2n) is 5.56. The molecule has 1 aromatic heterocycles. The lowest BCUT2D eigenvalue weighted by molar-refractivity contribution is -0.383. The quantitative estimate of drug-likeness (QED) is 0.418. The van der Waals surface area contributed by atoms with Gasteiger partial charge in [-0.25, -0.2) is 4.63 Å². The number of aromatic nitrogens is 2. The molecule has 1 saturated heterocycles. The second kappa shape index (κ2) is 6.28. The van der Waals surface area contributed by atoms with Crippen LogP contribution in [0.5, 0.6) is 0 Å². The zero-order chi connectivity index (χ0) is 17.4. The van der Waals surface area contributed by atoms with Crippen molar-refractivity contribution in [2.75, 3.05) is 11.9 Å². The zero-order valence-corrected chi connectivity index (χ0v) is 12.6. The maximum absolute atomic E-state index is 11.0. The van der Waals surface area contributed by atoms with Crippen molar-refractivity contribution >= 4 is 22.4 Å². The molecule has 11 heteroatoms. The number of nitro groups is 1. The maximum Gasteiger partial charge on any atom is 0.300 e. The Balaban J connectivity index is 1.91. The molecule has 0 spiro atoms. The van der Waals surface area contributed by atoms with Crippen molar-refractivity contribution in [3.05, 3.63) is 22.2 Å². The number of aliphatic hydroxyl groups excluding tert-OH is 3. The van der Waals surface area contributed by atoms with Gasteiger partial charge in [0.25, 0.3) is 0 Å². The van der Waals surface area contributed by atoms with Crippen molar-refractivity contribution < 1.29 is 29.6 Å². The fourth-order valence-electron chi connectivity index (χ4n) is 2.80. The van der Waals surface area contributed by atoms with Gasteiger partial charge in [0.2, 0.25) is 5.52 Å². The number of non-ortho nitro benzene ring substituents is 1. The van der Waals surface area contributed by atoms with Crippen LogP contribution in [0.25, 0.3) is 11.0 Å². The number of hydrogen-bond donors (Lipinski definition) is 4. The Hall–Kier alpha value is -2.34. The van der Waals surface area contributed by atoms with Gasteiger partial charge < -0.3 is 25.4 Å². The van der Waals surface area contributed by atoms with Gasteiger partial charge in [-0.05, 0) is 23.3 Å². The Morgan fingerprint density at radius 1 is 1.29 bits per heavy atom. The predicted octanol–water partition coefficient (Wildman–Crippen LogP) is -0.587. The highest BCUT2D eigenvalue weighted by Gasteiger charge is 2.42. The minimum Gasteiger partial charge on any atom is -0.394 e. The summed E-state index contributed by atoms with van der Waals surface area (Å²) in [6.45, 7) is 1.24. The molecule has 130 valence electrons. The van der Waals surface area contributed by atoms with Gasteiger partial charge in [-0.15, -0.1) is 0 Å². The van der Waals surface area contributed by atoms with E-state index in [-0.39, 0.29) is 16.7 Å². The summed E-state index contributed by atoms with van der Waals surface area (Å²) in [5.74, 6) is 0. The number of nitrogens with one attached hydrogen (secondary N) is 1. The molecule has 1 unspecified atom stereocenters. The van der Waals surface area contributed by atoms with E-state index < -0.39 is 42.0 Å². The van der Waals surface area contributed by atoms with Crippen molar-refractivity contribution in [1.82, 2.24) is 10.3 Å². The molecule has 0 radical (unpaired) electrons. The molecule has 4 N–H and O–H groups in total. The van der Waals surface area contributed by atoms with Crippen molar-refractivity contribution in [3.8, 4) is 0 Å². The summed E-state index contributed by atoms with van der Waals surface area (Å²) in [6, 6.07) is 1.92. The topological polar surface area (TPSA) is 164 Å². The Morgan fingerprint density at radius 3 is 2.67 bits per heavy atom. The van der Waals surface area contributed by atoms with Crippen LogP contribution in [0.4, 0.5) is 11.4 Å². The van der Waals surface area contributed by atoms with E-state index in [0.717, 1.165) is 0 Å². The first-order valence-corrected chi connectivity index (χ1v) is 7.22. The highest BCUT2D eigenvalue weighted by molar-refractivity contribution is 5.93. The summed E-state index contributed by atoms with van der Waals surface area (Å²) < 4.78 is 10.0. The van der Waals surface area contributed by atoms with E-state index in [1.165, 1.54) is 12.1 Å². The first kappa shape index (κ1) is 16.5. The molecular weight excluding hydrogens is 324 g/mol. The van der Waals surface area contributed by atoms with Gasteiger partial charge >= 0.3 is 5.69 Å². The molecule has 3 rings (SSSR count). The molecule has 1 fully saturated rings. The van der Waals surface area contributed by atoms with Gasteiger partial charge in [-0.3, -0.25) is 10.1 Å². The standard InChI is InChI=1S/C13H16N4O7/c1-5-9(13(20)12(19)8(4-18)23-5)14-6-2-3-7(17(21)22)11-10(6)15-24-16-11/h2-3,5,8-9,12-14,18-20H,4H2,1H3/t5?,8-,9+,12-,13-/m1/s1. The summed E-state index contributed by atoms with van der Waals surface area (Å²) in [7, 11) is 0. The van der Waals surface area contributed by atoms with E-state index in [2.05, 4.69) is 20.3 Å². The van der Waals surface area contributed by atoms with Crippen molar-refractivity contribution in [1.29, 1.82) is 0 Å². The van der Waals surface area contributed by atoms with E-state index in [9.17, 15) is 20.3 Å². The van der Waals surface area contributed by atoms with E-state index in [1.54, 1.807) is 6.92 Å². The molecule has 1 aliphatic rings. The first-order valence-electron chi connectivity index (χ1n) is 7.22. The number of nitro benzene ring substituents is 1. The second-order valence-corrected chi connectivity index (χ2v) is 5.56. The van der Waals surface area contributed by atoms with Gasteiger partial charge in [-0.1, -0.05) is 0 Å². The van der Waals surface area contributed by atoms with E-state index >= 15 is 0 Å². The monoisotopic (exact) mass is 340 g/mol. The maximum atomic E-state index is 11.0. The number of aliphatic hydroxyl groups is 3. The molecule has 2 aromatic rings. The van der Waals surface area contributed by atoms with Crippen LogP contribution in [0.1, 0.15) is 6.92 Å². The number of ether oxygens (including phenoxy) is 1. The predicted molar refractivity (Wildman–Crippen MR) is 79.3 cm³/mol. The third-order valence-electron chi connectivity index (χ3n) is 4.09. The number of benzene rings is 1. The molecule has 24 heavy (non-hydrogen) atoms. The average Bonchev–Trinajstić information content (AvgIpc) is 3.04. The van der Waals surface area contributed by atoms with Crippen LogP contribution in [-0.2, 0) is 4.74 Å². The molecule has 11 nitrogen and oxygen atoms in total. The fourth-order valence-corrected chi connectivity index (χ4v) is 2.80. The largest absolute Gasteiger partial charge is 0.394 e. The van der Waals surface area contributed by atoms with E-state index in [0.29, 0.717) is 5.69 Å². The van der Waals surface area contributed by atoms with Crippen LogP contribution in [0.3, 0.4) is 0 Å². The van der Waals surface area contributed by atoms with Crippen LogP contribution in [0.2, 0.25) is 0 Å². The molecule has 1 aromatic carbocycles. The fraction of sp³-hybridized carbons (Fsp3) is 0.538. The van der Waals surface area contributed by atoms with Crippen LogP contribution < -0.4 is 5.32 Å². The summed E-state index contributed by atoms with van der Waals surface area (Å²) in [6.07, 6.45) is -3.95. The van der Waals surface area contributed by atoms with Crippen LogP contribution >= 0.6 is 0 Å². The Bertz CT molecular complexity index is 751. The lowest BCUT2D eigenvalue weighted by atomic mass is 9.93. The van der Waals surface area contributed by atoms with Crippen molar-refractivity contribution in [2.24, 2.45) is 0 Å². The summed E-state index contributed by atoms with van der Waals surface area (Å²) >= 11 is 0. The minimum absolute atomic E-state index is 0.0300. The van der Waals surface area contributed by atoms with E-state index in [1.807, 2.05) is 0 Å². The first-order chi connectivity index (χ1) is 11.4. The van der Waals surface area contributed by atoms with E-state index in [4.69, 9.17) is 9.84 Å². The summed E-state index contributed by atoms with van der Waals surface area (Å²) in [4.78, 5) is 10.4. The van der Waals surface area contributed by atoms with Crippen LogP contribution in [0, 0.1) is 10.1 Å². The zero-order valence-electron chi connectivity index (χ0n) is 12.6. The number of hydrogen-bond acceptors (Lipinski definition) is 10. The molecule has 0 aliphatic carbocycles. The normalized spacial score (nSPS) is 30.4. The highest BCUT2D eigenvalue weighted by atomic mass is 16.6. The smallest absolute Gasteiger partial charge is 0.300 e. The molecule has 0 saturated carbocycles. The van der Waals surface area contributed by atoms with Gasteiger partial charge in [-0.2, -0.15) is 0 Å². The SMILES string of the molecule is CC1O[C@H](CO)[C@@H](O)[C@H](O)[C@H]1Nc1ccc([N+](=O)[O-])c2nonc12. The molecule has 1 aliphatic heterocycles. The molecule has 5 atom stereocenters. The van der Waals surface area contributed by atoms with Gasteiger partial charge in [0.1, 0.15) is 18.3 Å². The third-order valence-corrected chi connectivity index (χ3v) is 4.09. The molecule has 0 bridgehead atoms. The third kappa shape index (κ3) is 2.67. The number of anilines is 1. The number of rotatable bonds is 4. The molecular formula is C13H16N4O7. The van der Waals surface area contributed by atoms with Gasteiger partial charge in [0.05, 0.1) is 29.4 Å². The summed E-state index contributed by atoms with van der Waals surface area (Å²) in [5.41, 5.74) is 0.177. The van der Waals surface area contributed by atoms with Crippen molar-refractivity contribution in [2.45, 2.75) is 37.4 Å². The minimum atomic E-state index is -1.28. The molecule has 0 amide bonds. The van der Waals surface area contributed by atoms with Crippen LogP contribution in [-0.4, -0.2) is 67.6 Å². The number of nitrogens with zero attached hydrogens (tertiary/aromatic N) is 3. The highest BCUT2D eigenvalue weighted by Crippen LogP contribution is 2.31. The summed E-state index contributed by atoms with van der Waals surface area (Å²) in [5, 5.41) is 50.5. The van der Waals surface area contributed by atoms with Gasteiger partial charge in [0.15, 0.2) is 5.52 Å². The van der Waals surface area contributed by atoms with Crippen LogP contribution in [0.15, 0.2) is 16.8 Å². The lowest BCUT2D eigenvalue weighted by Crippen LogP contribution is -2.60. The average molecular weight is 340 g/mol. The van der Waals surface area contributed by atoms with Gasteiger partial charge in [0, 0.05) is 6.07 Å².